The van der Waals surface area contributed by atoms with Gasteiger partial charge in [-0.05, 0) is 6.92 Å². The Bertz CT molecular complexity index is 485. The number of nitrogens with zero attached hydrogens (tertiary/aromatic N) is 1. The maximum atomic E-state index is 7.29. The molecule has 3 N–H and O–H groups in total. The lowest BCUT2D eigenvalue weighted by molar-refractivity contribution is 1.38. The van der Waals surface area contributed by atoms with E-state index in [0.717, 1.165) is 10.6 Å². The normalized spacial score (nSPS) is 10.2. The average molecular weight is 217 g/mol. The minimum Gasteiger partial charge on any atom is -0.383 e. The van der Waals surface area contributed by atoms with E-state index in [2.05, 4.69) is 4.98 Å². The molecule has 1 aromatic heterocycles. The van der Waals surface area contributed by atoms with E-state index in [1.54, 1.807) is 6.20 Å². The summed E-state index contributed by atoms with van der Waals surface area (Å²) in [4.78, 5) is 4.95. The summed E-state index contributed by atoms with van der Waals surface area (Å²) in [6.07, 6.45) is 1.64. The molecule has 0 atom stereocenters. The molecule has 0 aliphatic heterocycles. The van der Waals surface area contributed by atoms with Gasteiger partial charge in [-0.1, -0.05) is 29.8 Å². The summed E-state index contributed by atoms with van der Waals surface area (Å²) in [5, 5.41) is 8.20. The van der Waals surface area contributed by atoms with Gasteiger partial charge in [0.15, 0.2) is 0 Å². The minimum absolute atomic E-state index is 0.0749. The first kappa shape index (κ1) is 9.86. The van der Waals surface area contributed by atoms with Crippen molar-refractivity contribution in [2.75, 3.05) is 0 Å². The van der Waals surface area contributed by atoms with Crippen LogP contribution in [0.5, 0.6) is 0 Å². The molecular weight excluding hydrogens is 206 g/mol. The fourth-order valence-corrected chi connectivity index (χ4v) is 2.01. The first-order chi connectivity index (χ1) is 7.16. The Morgan fingerprint density at radius 1 is 1.33 bits per heavy atom. The van der Waals surface area contributed by atoms with Crippen molar-refractivity contribution in [3.8, 4) is 10.6 Å². The highest BCUT2D eigenvalue weighted by atomic mass is 32.1. The van der Waals surface area contributed by atoms with E-state index in [4.69, 9.17) is 11.1 Å². The molecule has 0 aliphatic rings. The van der Waals surface area contributed by atoms with E-state index in [1.807, 2.05) is 31.2 Å². The number of hydrogen-bond acceptors (Lipinski definition) is 3. The van der Waals surface area contributed by atoms with Crippen molar-refractivity contribution in [2.45, 2.75) is 6.92 Å². The van der Waals surface area contributed by atoms with Crippen molar-refractivity contribution < 1.29 is 0 Å². The average Bonchev–Trinajstić information content (AvgIpc) is 2.68. The summed E-state index contributed by atoms with van der Waals surface area (Å²) in [7, 11) is 0. The van der Waals surface area contributed by atoms with Gasteiger partial charge in [0.2, 0.25) is 0 Å². The van der Waals surface area contributed by atoms with Gasteiger partial charge in [-0.2, -0.15) is 0 Å². The highest BCUT2D eigenvalue weighted by Crippen LogP contribution is 2.24. The highest BCUT2D eigenvalue weighted by molar-refractivity contribution is 7.16. The number of aryl methyl sites for hydroxylation is 1. The highest BCUT2D eigenvalue weighted by Gasteiger charge is 2.05. The molecule has 2 rings (SSSR count). The maximum absolute atomic E-state index is 7.29. The molecule has 0 unspecified atom stereocenters. The summed E-state index contributed by atoms with van der Waals surface area (Å²) in [5.41, 5.74) is 7.67. The van der Waals surface area contributed by atoms with Gasteiger partial charge in [-0.15, -0.1) is 11.3 Å². The molecule has 1 heterocycles. The molecule has 0 aliphatic carbocycles. The molecule has 0 spiro atoms. The lowest BCUT2D eigenvalue weighted by Gasteiger charge is -1.96. The van der Waals surface area contributed by atoms with E-state index < -0.39 is 0 Å². The monoisotopic (exact) mass is 217 g/mol. The number of hydrogen-bond donors (Lipinski definition) is 2. The van der Waals surface area contributed by atoms with Crippen LogP contribution in [0.4, 0.5) is 0 Å². The van der Waals surface area contributed by atoms with E-state index in [1.165, 1.54) is 16.9 Å². The molecule has 0 amide bonds. The van der Waals surface area contributed by atoms with Gasteiger partial charge in [0.1, 0.15) is 10.8 Å². The number of amidine groups is 1. The third-order valence-corrected chi connectivity index (χ3v) is 3.15. The summed E-state index contributed by atoms with van der Waals surface area (Å²) < 4.78 is 0. The van der Waals surface area contributed by atoms with Crippen molar-refractivity contribution >= 4 is 17.2 Å². The zero-order valence-electron chi connectivity index (χ0n) is 8.32. The molecule has 3 nitrogen and oxygen atoms in total. The second-order valence-corrected chi connectivity index (χ2v) is 4.34. The van der Waals surface area contributed by atoms with Crippen molar-refractivity contribution in [2.24, 2.45) is 5.73 Å². The van der Waals surface area contributed by atoms with E-state index in [9.17, 15) is 0 Å². The molecule has 2 aromatic rings. The number of nitrogens with two attached hydrogens (primary N) is 1. The fourth-order valence-electron chi connectivity index (χ4n) is 1.23. The predicted octanol–water partition coefficient (Wildman–Crippen LogP) is 2.40. The number of rotatable bonds is 2. The summed E-state index contributed by atoms with van der Waals surface area (Å²) in [6.45, 7) is 2.05. The van der Waals surface area contributed by atoms with Crippen LogP contribution in [0.15, 0.2) is 30.5 Å². The quantitative estimate of drug-likeness (QED) is 0.599. The van der Waals surface area contributed by atoms with Gasteiger partial charge in [0.25, 0.3) is 0 Å². The topological polar surface area (TPSA) is 62.8 Å². The Morgan fingerprint density at radius 2 is 2.00 bits per heavy atom. The molecule has 1 aromatic carbocycles. The first-order valence-corrected chi connectivity index (χ1v) is 5.36. The van der Waals surface area contributed by atoms with Gasteiger partial charge >= 0.3 is 0 Å². The maximum Gasteiger partial charge on any atom is 0.134 e. The molecule has 15 heavy (non-hydrogen) atoms. The second kappa shape index (κ2) is 3.82. The van der Waals surface area contributed by atoms with Crippen LogP contribution in [-0.2, 0) is 0 Å². The summed E-state index contributed by atoms with van der Waals surface area (Å²) in [5.74, 6) is 0.0749. The lowest BCUT2D eigenvalue weighted by Crippen LogP contribution is -2.08. The molecule has 4 heteroatoms. The van der Waals surface area contributed by atoms with E-state index >= 15 is 0 Å². The minimum atomic E-state index is 0.0749. The third-order valence-electron chi connectivity index (χ3n) is 2.07. The van der Waals surface area contributed by atoms with Gasteiger partial charge in [0, 0.05) is 11.8 Å². The summed E-state index contributed by atoms with van der Waals surface area (Å²) >= 11 is 1.44. The Morgan fingerprint density at radius 3 is 2.53 bits per heavy atom. The number of thiazole rings is 1. The predicted molar refractivity (Wildman–Crippen MR) is 63.3 cm³/mol. The standard InChI is InChI=1S/C11H11N3S/c1-7-2-4-8(5-3-7)11-14-6-9(15-11)10(12)13/h2-6H,1H3,(H3,12,13). The lowest BCUT2D eigenvalue weighted by atomic mass is 10.2. The third kappa shape index (κ3) is 2.05. The molecular formula is C11H11N3S. The smallest absolute Gasteiger partial charge is 0.134 e. The largest absolute Gasteiger partial charge is 0.383 e. The van der Waals surface area contributed by atoms with Crippen LogP contribution in [0.2, 0.25) is 0 Å². The zero-order valence-corrected chi connectivity index (χ0v) is 9.14. The van der Waals surface area contributed by atoms with Crippen LogP contribution >= 0.6 is 11.3 Å². The molecule has 0 fully saturated rings. The number of nitrogens with one attached hydrogen (secondary N) is 1. The molecule has 76 valence electrons. The molecule has 0 saturated heterocycles. The Hall–Kier alpha value is -1.68. The summed E-state index contributed by atoms with van der Waals surface area (Å²) in [6, 6.07) is 8.14. The fraction of sp³-hybridized carbons (Fsp3) is 0.0909. The van der Waals surface area contributed by atoms with Gasteiger partial charge in [-0.3, -0.25) is 5.41 Å². The van der Waals surface area contributed by atoms with Crippen molar-refractivity contribution in [3.63, 3.8) is 0 Å². The van der Waals surface area contributed by atoms with Crippen molar-refractivity contribution in [1.82, 2.24) is 4.98 Å². The molecule has 0 saturated carbocycles. The Labute approximate surface area is 92.1 Å². The van der Waals surface area contributed by atoms with E-state index in [-0.39, 0.29) is 5.84 Å². The number of aromatic nitrogens is 1. The molecule has 0 radical (unpaired) electrons. The zero-order chi connectivity index (χ0) is 10.8. The van der Waals surface area contributed by atoms with Gasteiger partial charge < -0.3 is 5.73 Å². The van der Waals surface area contributed by atoms with Gasteiger partial charge in [-0.25, -0.2) is 4.98 Å². The van der Waals surface area contributed by atoms with Crippen molar-refractivity contribution in [1.29, 1.82) is 5.41 Å². The first-order valence-electron chi connectivity index (χ1n) is 4.54. The number of benzene rings is 1. The van der Waals surface area contributed by atoms with Crippen LogP contribution in [0, 0.1) is 12.3 Å². The van der Waals surface area contributed by atoms with Crippen LogP contribution in [0.25, 0.3) is 10.6 Å². The van der Waals surface area contributed by atoms with Gasteiger partial charge in [0.05, 0.1) is 4.88 Å². The molecule has 0 bridgehead atoms. The van der Waals surface area contributed by atoms with Crippen LogP contribution in [-0.4, -0.2) is 10.8 Å². The van der Waals surface area contributed by atoms with E-state index in [0.29, 0.717) is 4.88 Å². The van der Waals surface area contributed by atoms with Crippen LogP contribution < -0.4 is 5.73 Å². The SMILES string of the molecule is Cc1ccc(-c2ncc(C(=N)N)s2)cc1. The Kier molecular flexibility index (Phi) is 2.51. The number of nitrogen functional groups attached to an aromatic ring is 1. The Balaban J connectivity index is 2.37. The second-order valence-electron chi connectivity index (χ2n) is 3.31. The van der Waals surface area contributed by atoms with Crippen LogP contribution in [0.1, 0.15) is 10.4 Å². The van der Waals surface area contributed by atoms with Crippen LogP contribution in [0.3, 0.4) is 0 Å². The van der Waals surface area contributed by atoms with Crippen molar-refractivity contribution in [3.05, 3.63) is 40.9 Å².